The van der Waals surface area contributed by atoms with Crippen LogP contribution in [0.3, 0.4) is 0 Å². The average Bonchev–Trinajstić information content (AvgIpc) is 2.96. The van der Waals surface area contributed by atoms with Gasteiger partial charge in [-0.2, -0.15) is 0 Å². The van der Waals surface area contributed by atoms with E-state index in [0.29, 0.717) is 18.7 Å². The van der Waals surface area contributed by atoms with E-state index in [-0.39, 0.29) is 11.8 Å². The van der Waals surface area contributed by atoms with Crippen LogP contribution in [0.15, 0.2) is 40.9 Å². The van der Waals surface area contributed by atoms with Crippen molar-refractivity contribution in [3.63, 3.8) is 0 Å². The van der Waals surface area contributed by atoms with Gasteiger partial charge >= 0.3 is 0 Å². The second kappa shape index (κ2) is 7.40. The first-order valence-electron chi connectivity index (χ1n) is 8.40. The van der Waals surface area contributed by atoms with Crippen molar-refractivity contribution in [3.8, 4) is 0 Å². The topological polar surface area (TPSA) is 49.4 Å². The normalized spacial score (nSPS) is 12.8. The van der Waals surface area contributed by atoms with Gasteiger partial charge in [0.15, 0.2) is 0 Å². The maximum atomic E-state index is 12.8. The summed E-state index contributed by atoms with van der Waals surface area (Å²) in [6.07, 6.45) is 1.98. The van der Waals surface area contributed by atoms with Crippen molar-refractivity contribution >= 4 is 39.1 Å². The number of nitrogens with one attached hydrogen (secondary N) is 1. The molecule has 0 radical (unpaired) electrons. The summed E-state index contributed by atoms with van der Waals surface area (Å²) >= 11 is 3.48. The molecule has 0 spiro atoms. The number of benzene rings is 2. The van der Waals surface area contributed by atoms with E-state index < -0.39 is 0 Å². The molecule has 1 N–H and O–H groups in total. The van der Waals surface area contributed by atoms with Gasteiger partial charge in [-0.3, -0.25) is 9.59 Å². The number of amides is 2. The minimum absolute atomic E-state index is 0.0918. The third-order valence-corrected chi connectivity index (χ3v) is 4.81. The molecule has 25 heavy (non-hydrogen) atoms. The van der Waals surface area contributed by atoms with E-state index in [1.807, 2.05) is 23.1 Å². The quantitative estimate of drug-likeness (QED) is 0.833. The number of nitrogens with zero attached hydrogens (tertiary/aromatic N) is 1. The van der Waals surface area contributed by atoms with E-state index in [4.69, 9.17) is 0 Å². The van der Waals surface area contributed by atoms with Gasteiger partial charge in [-0.05, 0) is 43.0 Å². The summed E-state index contributed by atoms with van der Waals surface area (Å²) in [5.41, 5.74) is 4.99. The van der Waals surface area contributed by atoms with Crippen LogP contribution >= 0.6 is 15.9 Å². The lowest BCUT2D eigenvalue weighted by Crippen LogP contribution is -2.30. The first kappa shape index (κ1) is 17.7. The van der Waals surface area contributed by atoms with Crippen molar-refractivity contribution in [1.82, 2.24) is 0 Å². The van der Waals surface area contributed by atoms with Gasteiger partial charge < -0.3 is 10.2 Å². The van der Waals surface area contributed by atoms with Gasteiger partial charge in [-0.25, -0.2) is 0 Å². The van der Waals surface area contributed by atoms with Crippen LogP contribution in [-0.2, 0) is 22.4 Å². The van der Waals surface area contributed by atoms with E-state index in [1.165, 1.54) is 18.1 Å². The molecule has 0 saturated carbocycles. The third-order valence-electron chi connectivity index (χ3n) is 4.35. The summed E-state index contributed by atoms with van der Waals surface area (Å²) in [7, 11) is 0. The summed E-state index contributed by atoms with van der Waals surface area (Å²) in [6.45, 7) is 4.19. The fourth-order valence-corrected chi connectivity index (χ4v) is 3.80. The number of anilines is 2. The van der Waals surface area contributed by atoms with Crippen molar-refractivity contribution in [2.45, 2.75) is 33.1 Å². The zero-order chi connectivity index (χ0) is 18.0. The predicted octanol–water partition coefficient (Wildman–Crippen LogP) is 4.24. The highest BCUT2D eigenvalue weighted by Crippen LogP contribution is 2.38. The molecule has 0 fully saturated rings. The van der Waals surface area contributed by atoms with Crippen LogP contribution in [0.5, 0.6) is 0 Å². The van der Waals surface area contributed by atoms with Gasteiger partial charge in [0.2, 0.25) is 11.8 Å². The number of rotatable bonds is 4. The Kier molecular flexibility index (Phi) is 5.23. The number of hydrogen-bond donors (Lipinski definition) is 1. The minimum atomic E-state index is -0.139. The Bertz CT molecular complexity index is 832. The first-order valence-corrected chi connectivity index (χ1v) is 9.19. The first-order chi connectivity index (χ1) is 11.9. The molecule has 0 saturated heterocycles. The molecule has 3 rings (SSSR count). The van der Waals surface area contributed by atoms with Crippen LogP contribution in [0.2, 0.25) is 0 Å². The summed E-state index contributed by atoms with van der Waals surface area (Å²) in [5.74, 6) is -0.0476. The second-order valence-corrected chi connectivity index (χ2v) is 7.34. The molecule has 0 aliphatic carbocycles. The lowest BCUT2D eigenvalue weighted by atomic mass is 10.1. The number of halogens is 1. The van der Waals surface area contributed by atoms with Crippen LogP contribution in [0.25, 0.3) is 0 Å². The zero-order valence-corrected chi connectivity index (χ0v) is 16.0. The highest BCUT2D eigenvalue weighted by molar-refractivity contribution is 9.10. The summed E-state index contributed by atoms with van der Waals surface area (Å²) < 4.78 is 0.907. The van der Waals surface area contributed by atoms with Gasteiger partial charge in [-0.15, -0.1) is 0 Å². The largest absolute Gasteiger partial charge is 0.324 e. The fourth-order valence-electron chi connectivity index (χ4n) is 3.30. The molecule has 1 heterocycles. The van der Waals surface area contributed by atoms with Crippen LogP contribution in [0, 0.1) is 6.92 Å². The van der Waals surface area contributed by atoms with Crippen molar-refractivity contribution < 1.29 is 9.59 Å². The molecular formula is C20H21BrN2O2. The Morgan fingerprint density at radius 3 is 2.76 bits per heavy atom. The van der Waals surface area contributed by atoms with Crippen molar-refractivity contribution in [2.24, 2.45) is 0 Å². The Labute approximate surface area is 156 Å². The molecule has 0 atom stereocenters. The Morgan fingerprint density at radius 2 is 2.04 bits per heavy atom. The van der Waals surface area contributed by atoms with Crippen LogP contribution in [0.1, 0.15) is 30.0 Å². The molecule has 2 aromatic carbocycles. The fraction of sp³-hybridized carbons (Fsp3) is 0.300. The molecule has 5 heteroatoms. The number of carbonyl (C=O) groups excluding carboxylic acids is 2. The molecule has 1 aliphatic rings. The number of fused-ring (bicyclic) bond motifs is 1. The Hall–Kier alpha value is -2.14. The van der Waals surface area contributed by atoms with E-state index in [2.05, 4.69) is 46.4 Å². The van der Waals surface area contributed by atoms with Gasteiger partial charge in [0.25, 0.3) is 0 Å². The smallest absolute Gasteiger partial charge is 0.227 e. The molecule has 0 bridgehead atoms. The maximum absolute atomic E-state index is 12.8. The lowest BCUT2D eigenvalue weighted by molar-refractivity contribution is -0.118. The molecule has 1 aliphatic heterocycles. The molecule has 130 valence electrons. The van der Waals surface area contributed by atoms with Gasteiger partial charge in [0.1, 0.15) is 0 Å². The van der Waals surface area contributed by atoms with Crippen molar-refractivity contribution in [3.05, 3.63) is 57.6 Å². The van der Waals surface area contributed by atoms with E-state index >= 15 is 0 Å². The molecule has 0 unspecified atom stereocenters. The molecule has 2 amide bonds. The third kappa shape index (κ3) is 4.10. The molecule has 0 aromatic heterocycles. The summed E-state index contributed by atoms with van der Waals surface area (Å²) in [6, 6.07) is 12.1. The number of hydrogen-bond acceptors (Lipinski definition) is 2. The second-order valence-electron chi connectivity index (χ2n) is 6.43. The molecule has 2 aromatic rings. The Balaban J connectivity index is 1.79. The summed E-state index contributed by atoms with van der Waals surface area (Å²) in [4.78, 5) is 26.1. The highest BCUT2D eigenvalue weighted by Gasteiger charge is 2.28. The SMILES string of the molecule is CC(=O)Nc1cc(Br)cc2c1N(C(=O)CCc1cccc(C)c1)CC2. The molecular weight excluding hydrogens is 380 g/mol. The van der Waals surface area contributed by atoms with E-state index in [9.17, 15) is 9.59 Å². The lowest BCUT2D eigenvalue weighted by Gasteiger charge is -2.21. The zero-order valence-electron chi connectivity index (χ0n) is 14.4. The van der Waals surface area contributed by atoms with Gasteiger partial charge in [-0.1, -0.05) is 45.8 Å². The van der Waals surface area contributed by atoms with E-state index in [0.717, 1.165) is 28.6 Å². The number of carbonyl (C=O) groups is 2. The van der Waals surface area contributed by atoms with Gasteiger partial charge in [0, 0.05) is 24.4 Å². The predicted molar refractivity (Wildman–Crippen MR) is 104 cm³/mol. The van der Waals surface area contributed by atoms with E-state index in [1.54, 1.807) is 0 Å². The Morgan fingerprint density at radius 1 is 1.24 bits per heavy atom. The van der Waals surface area contributed by atoms with Crippen LogP contribution in [0.4, 0.5) is 11.4 Å². The minimum Gasteiger partial charge on any atom is -0.324 e. The monoisotopic (exact) mass is 400 g/mol. The number of aryl methyl sites for hydroxylation is 2. The van der Waals surface area contributed by atoms with Crippen LogP contribution in [-0.4, -0.2) is 18.4 Å². The standard InChI is InChI=1S/C20H21BrN2O2/c1-13-4-3-5-15(10-13)6-7-19(25)23-9-8-16-11-17(21)12-18(20(16)23)22-14(2)24/h3-5,10-12H,6-9H2,1-2H3,(H,22,24). The van der Waals surface area contributed by atoms with Crippen LogP contribution < -0.4 is 10.2 Å². The van der Waals surface area contributed by atoms with Gasteiger partial charge in [0.05, 0.1) is 11.4 Å². The van der Waals surface area contributed by atoms with Crippen molar-refractivity contribution in [1.29, 1.82) is 0 Å². The van der Waals surface area contributed by atoms with Crippen molar-refractivity contribution in [2.75, 3.05) is 16.8 Å². The molecule has 4 nitrogen and oxygen atoms in total. The highest BCUT2D eigenvalue weighted by atomic mass is 79.9. The maximum Gasteiger partial charge on any atom is 0.227 e. The summed E-state index contributed by atoms with van der Waals surface area (Å²) in [5, 5.41) is 2.85. The average molecular weight is 401 g/mol.